The molecule has 10 nitrogen and oxygen atoms in total. The monoisotopic (exact) mass is 584 g/mol. The standard InChI is InChI=1S/C27H25FN4O6S2/c1-31(2)40(35,36)21-5-3-4-20(13-21)30-27-32(15-17-6-11-22-23(12-17)38-16-37-22)26(34)24(39-27)14-25(33)29-19-9-7-18(28)8-10-19/h3-13,24H,14-16H2,1-2H3,(H,29,33)/t24-/m1/s1. The summed E-state index contributed by atoms with van der Waals surface area (Å²) in [5.74, 6) is -0.00308. The van der Waals surface area contributed by atoms with Crippen LogP contribution in [0.5, 0.6) is 11.5 Å². The number of thioether (sulfide) groups is 1. The molecule has 3 aromatic carbocycles. The molecule has 13 heteroatoms. The van der Waals surface area contributed by atoms with Gasteiger partial charge in [-0.3, -0.25) is 14.5 Å². The van der Waals surface area contributed by atoms with E-state index in [0.29, 0.717) is 28.0 Å². The number of carbonyl (C=O) groups excluding carboxylic acids is 2. The third kappa shape index (κ3) is 5.96. The average molecular weight is 585 g/mol. The summed E-state index contributed by atoms with van der Waals surface area (Å²) in [5, 5.41) is 2.22. The van der Waals surface area contributed by atoms with Crippen LogP contribution in [0.3, 0.4) is 0 Å². The first-order chi connectivity index (χ1) is 19.1. The van der Waals surface area contributed by atoms with E-state index in [0.717, 1.165) is 21.6 Å². The third-order valence-electron chi connectivity index (χ3n) is 6.12. The van der Waals surface area contributed by atoms with E-state index in [4.69, 9.17) is 9.47 Å². The van der Waals surface area contributed by atoms with Crippen LogP contribution in [0.25, 0.3) is 0 Å². The van der Waals surface area contributed by atoms with E-state index < -0.39 is 27.0 Å². The second-order valence-corrected chi connectivity index (χ2v) is 12.5. The predicted molar refractivity (Wildman–Crippen MR) is 149 cm³/mol. The molecule has 2 aliphatic rings. The lowest BCUT2D eigenvalue weighted by Gasteiger charge is -2.17. The van der Waals surface area contributed by atoms with Crippen molar-refractivity contribution in [3.8, 4) is 11.5 Å². The van der Waals surface area contributed by atoms with Gasteiger partial charge in [0.25, 0.3) is 0 Å². The Morgan fingerprint density at radius 3 is 2.60 bits per heavy atom. The van der Waals surface area contributed by atoms with Crippen molar-refractivity contribution in [2.75, 3.05) is 26.2 Å². The number of hydrogen-bond acceptors (Lipinski definition) is 8. The molecule has 208 valence electrons. The minimum atomic E-state index is -3.70. The van der Waals surface area contributed by atoms with Crippen LogP contribution in [0.1, 0.15) is 12.0 Å². The molecule has 0 radical (unpaired) electrons. The number of benzene rings is 3. The Kier molecular flexibility index (Phi) is 7.79. The van der Waals surface area contributed by atoms with Gasteiger partial charge < -0.3 is 14.8 Å². The second-order valence-electron chi connectivity index (χ2n) is 9.16. The molecule has 2 heterocycles. The van der Waals surface area contributed by atoms with E-state index in [1.165, 1.54) is 55.4 Å². The number of aliphatic imine (C=N–C) groups is 1. The molecule has 3 aromatic rings. The zero-order valence-corrected chi connectivity index (χ0v) is 23.2. The highest BCUT2D eigenvalue weighted by molar-refractivity contribution is 8.15. The molecule has 0 saturated carbocycles. The van der Waals surface area contributed by atoms with Crippen LogP contribution in [0.2, 0.25) is 0 Å². The first-order valence-corrected chi connectivity index (χ1v) is 14.5. The van der Waals surface area contributed by atoms with E-state index >= 15 is 0 Å². The van der Waals surface area contributed by atoms with Gasteiger partial charge in [-0.1, -0.05) is 23.9 Å². The number of amides is 2. The molecule has 1 fully saturated rings. The number of anilines is 1. The molecule has 5 rings (SSSR count). The number of nitrogens with one attached hydrogen (secondary N) is 1. The van der Waals surface area contributed by atoms with Gasteiger partial charge in [0.1, 0.15) is 11.1 Å². The Morgan fingerprint density at radius 1 is 1.10 bits per heavy atom. The molecule has 2 aliphatic heterocycles. The van der Waals surface area contributed by atoms with Crippen LogP contribution in [0.15, 0.2) is 76.6 Å². The zero-order valence-electron chi connectivity index (χ0n) is 21.5. The third-order valence-corrected chi connectivity index (χ3v) is 9.10. The minimum absolute atomic E-state index is 0.0613. The van der Waals surface area contributed by atoms with Crippen molar-refractivity contribution >= 4 is 50.1 Å². The molecule has 0 aliphatic carbocycles. The maximum Gasteiger partial charge on any atom is 0.242 e. The maximum absolute atomic E-state index is 13.5. The number of fused-ring (bicyclic) bond motifs is 1. The van der Waals surface area contributed by atoms with Gasteiger partial charge in [0.2, 0.25) is 28.6 Å². The van der Waals surface area contributed by atoms with Crippen molar-refractivity contribution in [2.45, 2.75) is 23.1 Å². The van der Waals surface area contributed by atoms with Crippen LogP contribution in [0, 0.1) is 5.82 Å². The van der Waals surface area contributed by atoms with Crippen molar-refractivity contribution < 1.29 is 31.9 Å². The Labute approximate surface area is 234 Å². The Hall–Kier alpha value is -3.94. The highest BCUT2D eigenvalue weighted by atomic mass is 32.2. The van der Waals surface area contributed by atoms with Crippen LogP contribution >= 0.6 is 11.8 Å². The van der Waals surface area contributed by atoms with Gasteiger partial charge >= 0.3 is 0 Å². The largest absolute Gasteiger partial charge is 0.454 e. The lowest BCUT2D eigenvalue weighted by molar-refractivity contribution is -0.128. The lowest BCUT2D eigenvalue weighted by atomic mass is 10.1. The highest BCUT2D eigenvalue weighted by Crippen LogP contribution is 2.36. The molecule has 1 atom stereocenters. The first kappa shape index (κ1) is 27.6. The second kappa shape index (κ2) is 11.3. The van der Waals surface area contributed by atoms with Gasteiger partial charge in [-0.15, -0.1) is 0 Å². The highest BCUT2D eigenvalue weighted by Gasteiger charge is 2.39. The number of hydrogen-bond donors (Lipinski definition) is 1. The summed E-state index contributed by atoms with van der Waals surface area (Å²) < 4.78 is 50.4. The van der Waals surface area contributed by atoms with Crippen molar-refractivity contribution in [2.24, 2.45) is 4.99 Å². The van der Waals surface area contributed by atoms with E-state index in [-0.39, 0.29) is 30.6 Å². The van der Waals surface area contributed by atoms with Crippen LogP contribution < -0.4 is 14.8 Å². The number of nitrogens with zero attached hydrogens (tertiary/aromatic N) is 3. The smallest absolute Gasteiger partial charge is 0.242 e. The fourth-order valence-corrected chi connectivity index (χ4v) is 6.14. The van der Waals surface area contributed by atoms with Crippen LogP contribution in [-0.4, -0.2) is 60.7 Å². The molecule has 1 N–H and O–H groups in total. The molecule has 1 saturated heterocycles. The quantitative estimate of drug-likeness (QED) is 0.426. The summed E-state index contributed by atoms with van der Waals surface area (Å²) in [4.78, 5) is 32.4. The molecule has 2 amide bonds. The topological polar surface area (TPSA) is 118 Å². The Morgan fingerprint density at radius 2 is 1.85 bits per heavy atom. The number of amidine groups is 1. The lowest BCUT2D eigenvalue weighted by Crippen LogP contribution is -2.33. The zero-order chi connectivity index (χ0) is 28.4. The van der Waals surface area contributed by atoms with E-state index in [9.17, 15) is 22.4 Å². The SMILES string of the molecule is CN(C)S(=O)(=O)c1cccc(N=C2S[C@H](CC(=O)Nc3ccc(F)cc3)C(=O)N2Cc2ccc3c(c2)OCO3)c1. The van der Waals surface area contributed by atoms with Gasteiger partial charge in [0.05, 0.1) is 17.1 Å². The number of sulfonamides is 1. The predicted octanol–water partition coefficient (Wildman–Crippen LogP) is 3.97. The number of carbonyl (C=O) groups is 2. The van der Waals surface area contributed by atoms with Gasteiger partial charge in [-0.2, -0.15) is 0 Å². The molecule has 40 heavy (non-hydrogen) atoms. The fraction of sp³-hybridized carbons (Fsp3) is 0.222. The fourth-order valence-electron chi connectivity index (χ4n) is 4.04. The number of halogens is 1. The van der Waals surface area contributed by atoms with Crippen LogP contribution in [0.4, 0.5) is 15.8 Å². The van der Waals surface area contributed by atoms with Gasteiger partial charge in [-0.05, 0) is 60.2 Å². The molecule has 0 spiro atoms. The Balaban J connectivity index is 1.42. The maximum atomic E-state index is 13.5. The number of rotatable bonds is 8. The molecule has 0 bridgehead atoms. The summed E-state index contributed by atoms with van der Waals surface area (Å²) >= 11 is 1.12. The minimum Gasteiger partial charge on any atom is -0.454 e. The van der Waals surface area contributed by atoms with Crippen molar-refractivity contribution in [1.82, 2.24) is 9.21 Å². The van der Waals surface area contributed by atoms with Crippen molar-refractivity contribution in [1.29, 1.82) is 0 Å². The summed E-state index contributed by atoms with van der Waals surface area (Å²) in [6.07, 6.45) is -0.146. The van der Waals surface area contributed by atoms with E-state index in [1.54, 1.807) is 24.3 Å². The average Bonchev–Trinajstić information content (AvgIpc) is 3.50. The molecular formula is C27H25FN4O6S2. The summed E-state index contributed by atoms with van der Waals surface area (Å²) in [6.45, 7) is 0.258. The van der Waals surface area contributed by atoms with Crippen LogP contribution in [-0.2, 0) is 26.2 Å². The number of ether oxygens (including phenoxy) is 2. The molecular weight excluding hydrogens is 559 g/mol. The Bertz CT molecular complexity index is 1590. The normalized spacial score (nSPS) is 17.6. The first-order valence-electron chi connectivity index (χ1n) is 12.1. The van der Waals surface area contributed by atoms with Crippen molar-refractivity contribution in [3.05, 3.63) is 78.1 Å². The van der Waals surface area contributed by atoms with E-state index in [2.05, 4.69) is 10.3 Å². The molecule has 0 unspecified atom stereocenters. The molecule has 0 aromatic heterocycles. The summed E-state index contributed by atoms with van der Waals surface area (Å²) in [6, 6.07) is 16.8. The van der Waals surface area contributed by atoms with Gasteiger partial charge in [0.15, 0.2) is 16.7 Å². The summed E-state index contributed by atoms with van der Waals surface area (Å²) in [5.41, 5.74) is 1.50. The summed E-state index contributed by atoms with van der Waals surface area (Å²) in [7, 11) is -0.819. The van der Waals surface area contributed by atoms with E-state index in [1.807, 2.05) is 6.07 Å². The van der Waals surface area contributed by atoms with Gasteiger partial charge in [0, 0.05) is 26.2 Å². The van der Waals surface area contributed by atoms with Gasteiger partial charge in [-0.25, -0.2) is 22.1 Å². The van der Waals surface area contributed by atoms with Crippen molar-refractivity contribution in [3.63, 3.8) is 0 Å².